The predicted octanol–water partition coefficient (Wildman–Crippen LogP) is 2.34. The van der Waals surface area contributed by atoms with Crippen molar-refractivity contribution in [2.75, 3.05) is 6.61 Å². The molecule has 0 atom stereocenters. The maximum atomic E-state index is 7.67. The Bertz CT molecular complexity index is 467. The molecule has 1 fully saturated rings. The fourth-order valence-corrected chi connectivity index (χ4v) is 2.56. The maximum absolute atomic E-state index is 7.67. The highest BCUT2D eigenvalue weighted by molar-refractivity contribution is 5.98. The summed E-state index contributed by atoms with van der Waals surface area (Å²) in [6.45, 7) is 4.41. The second-order valence-corrected chi connectivity index (χ2v) is 5.32. The summed E-state index contributed by atoms with van der Waals surface area (Å²) in [5, 5.41) is 15.8. The Morgan fingerprint density at radius 3 is 2.58 bits per heavy atom. The maximum Gasteiger partial charge on any atom is 0.244 e. The topological polar surface area (TPSA) is 84.9 Å². The summed E-state index contributed by atoms with van der Waals surface area (Å²) in [4.78, 5) is 0. The molecule has 0 unspecified atom stereocenters. The number of hydrogen-bond acceptors (Lipinski definition) is 4. The minimum Gasteiger partial charge on any atom is -0.476 e. The number of nitrogens with zero attached hydrogens (tertiary/aromatic N) is 2. The van der Waals surface area contributed by atoms with Crippen LogP contribution in [0.5, 0.6) is 5.88 Å². The lowest BCUT2D eigenvalue weighted by Gasteiger charge is -2.22. The highest BCUT2D eigenvalue weighted by Gasteiger charge is 2.18. The molecule has 0 amide bonds. The van der Waals surface area contributed by atoms with Crippen molar-refractivity contribution in [2.24, 2.45) is 11.7 Å². The van der Waals surface area contributed by atoms with E-state index in [1.54, 1.807) is 0 Å². The molecular formula is C14H22N4O. The van der Waals surface area contributed by atoms with Gasteiger partial charge in [-0.1, -0.05) is 19.3 Å². The number of aryl methyl sites for hydroxylation is 1. The van der Waals surface area contributed by atoms with Crippen molar-refractivity contribution in [2.45, 2.75) is 46.0 Å². The van der Waals surface area contributed by atoms with E-state index in [1.165, 1.54) is 32.1 Å². The fourth-order valence-electron chi connectivity index (χ4n) is 2.56. The second-order valence-electron chi connectivity index (χ2n) is 5.32. The Morgan fingerprint density at radius 1 is 1.26 bits per heavy atom. The number of rotatable bonds is 4. The average Bonchev–Trinajstić information content (AvgIpc) is 2.41. The zero-order chi connectivity index (χ0) is 13.8. The first-order valence-corrected chi connectivity index (χ1v) is 6.90. The van der Waals surface area contributed by atoms with E-state index in [9.17, 15) is 0 Å². The van der Waals surface area contributed by atoms with Gasteiger partial charge in [0.05, 0.1) is 17.9 Å². The lowest BCUT2D eigenvalue weighted by molar-refractivity contribution is 0.200. The summed E-state index contributed by atoms with van der Waals surface area (Å²) in [6, 6.07) is 0. The highest BCUT2D eigenvalue weighted by atomic mass is 16.5. The van der Waals surface area contributed by atoms with E-state index >= 15 is 0 Å². The van der Waals surface area contributed by atoms with Crippen LogP contribution < -0.4 is 10.5 Å². The van der Waals surface area contributed by atoms with Gasteiger partial charge < -0.3 is 10.5 Å². The lowest BCUT2D eigenvalue weighted by Crippen LogP contribution is -2.21. The Labute approximate surface area is 114 Å². The zero-order valence-corrected chi connectivity index (χ0v) is 11.7. The van der Waals surface area contributed by atoms with Gasteiger partial charge in [0.25, 0.3) is 0 Å². The van der Waals surface area contributed by atoms with E-state index < -0.39 is 0 Å². The first kappa shape index (κ1) is 13.8. The van der Waals surface area contributed by atoms with Crippen LogP contribution >= 0.6 is 0 Å². The Balaban J connectivity index is 2.11. The second kappa shape index (κ2) is 5.99. The van der Waals surface area contributed by atoms with E-state index in [0.717, 1.165) is 11.3 Å². The molecule has 104 valence electrons. The quantitative estimate of drug-likeness (QED) is 0.644. The molecule has 1 aliphatic carbocycles. The van der Waals surface area contributed by atoms with Crippen molar-refractivity contribution >= 4 is 5.84 Å². The van der Waals surface area contributed by atoms with Gasteiger partial charge >= 0.3 is 0 Å². The van der Waals surface area contributed by atoms with Crippen LogP contribution in [0, 0.1) is 25.2 Å². The van der Waals surface area contributed by atoms with Crippen LogP contribution in [0.4, 0.5) is 0 Å². The molecule has 3 N–H and O–H groups in total. The Kier molecular flexibility index (Phi) is 4.35. The number of nitrogens with two attached hydrogens (primary N) is 1. The number of ether oxygens (including phenoxy) is 1. The summed E-state index contributed by atoms with van der Waals surface area (Å²) in [5.41, 5.74) is 7.88. The van der Waals surface area contributed by atoms with Crippen LogP contribution in [-0.2, 0) is 0 Å². The van der Waals surface area contributed by atoms with Crippen molar-refractivity contribution in [1.82, 2.24) is 10.2 Å². The van der Waals surface area contributed by atoms with Gasteiger partial charge in [-0.2, -0.15) is 5.10 Å². The van der Waals surface area contributed by atoms with Crippen LogP contribution in [-0.4, -0.2) is 22.6 Å². The van der Waals surface area contributed by atoms with E-state index in [2.05, 4.69) is 10.2 Å². The molecule has 1 aromatic heterocycles. The van der Waals surface area contributed by atoms with Gasteiger partial charge in [0.15, 0.2) is 0 Å². The SMILES string of the molecule is Cc1nnc(OCC2CCCCC2)c(C(=N)N)c1C. The molecule has 0 bridgehead atoms. The van der Waals surface area contributed by atoms with E-state index in [0.29, 0.717) is 24.0 Å². The van der Waals surface area contributed by atoms with Crippen LogP contribution in [0.15, 0.2) is 0 Å². The summed E-state index contributed by atoms with van der Waals surface area (Å²) < 4.78 is 5.78. The van der Waals surface area contributed by atoms with Gasteiger partial charge in [0.2, 0.25) is 5.88 Å². The average molecular weight is 262 g/mol. The first-order chi connectivity index (χ1) is 9.09. The smallest absolute Gasteiger partial charge is 0.244 e. The number of nitrogens with one attached hydrogen (secondary N) is 1. The third kappa shape index (κ3) is 3.22. The number of nitrogen functional groups attached to an aromatic ring is 1. The standard InChI is InChI=1S/C14H22N4O/c1-9-10(2)17-18-14(12(9)13(15)16)19-8-11-6-4-3-5-7-11/h11H,3-8H2,1-2H3,(H3,15,16). The molecule has 0 radical (unpaired) electrons. The molecular weight excluding hydrogens is 240 g/mol. The summed E-state index contributed by atoms with van der Waals surface area (Å²) >= 11 is 0. The third-order valence-corrected chi connectivity index (χ3v) is 3.87. The summed E-state index contributed by atoms with van der Waals surface area (Å²) in [7, 11) is 0. The van der Waals surface area contributed by atoms with E-state index in [4.69, 9.17) is 15.9 Å². The fraction of sp³-hybridized carbons (Fsp3) is 0.643. The molecule has 0 spiro atoms. The minimum absolute atomic E-state index is 0.00542. The lowest BCUT2D eigenvalue weighted by atomic mass is 9.90. The number of aromatic nitrogens is 2. The molecule has 5 heteroatoms. The largest absolute Gasteiger partial charge is 0.476 e. The number of hydrogen-bond donors (Lipinski definition) is 2. The van der Waals surface area contributed by atoms with Crippen LogP contribution in [0.3, 0.4) is 0 Å². The Morgan fingerprint density at radius 2 is 1.95 bits per heavy atom. The number of amidine groups is 1. The monoisotopic (exact) mass is 262 g/mol. The molecule has 0 aromatic carbocycles. The van der Waals surface area contributed by atoms with Gasteiger partial charge in [-0.05, 0) is 38.2 Å². The zero-order valence-electron chi connectivity index (χ0n) is 11.7. The molecule has 0 aliphatic heterocycles. The first-order valence-electron chi connectivity index (χ1n) is 6.90. The van der Waals surface area contributed by atoms with Gasteiger partial charge in [-0.25, -0.2) is 0 Å². The normalized spacial score (nSPS) is 16.3. The van der Waals surface area contributed by atoms with Crippen molar-refractivity contribution in [1.29, 1.82) is 5.41 Å². The molecule has 1 aromatic rings. The molecule has 0 saturated heterocycles. The van der Waals surface area contributed by atoms with Crippen LogP contribution in [0.25, 0.3) is 0 Å². The van der Waals surface area contributed by atoms with Gasteiger partial charge in [-0.15, -0.1) is 5.10 Å². The van der Waals surface area contributed by atoms with Gasteiger partial charge in [0.1, 0.15) is 5.84 Å². The van der Waals surface area contributed by atoms with Gasteiger partial charge in [0, 0.05) is 0 Å². The van der Waals surface area contributed by atoms with Gasteiger partial charge in [-0.3, -0.25) is 5.41 Å². The van der Waals surface area contributed by atoms with E-state index in [1.807, 2.05) is 13.8 Å². The molecule has 5 nitrogen and oxygen atoms in total. The van der Waals surface area contributed by atoms with Crippen LogP contribution in [0.1, 0.15) is 48.9 Å². The van der Waals surface area contributed by atoms with Crippen molar-refractivity contribution < 1.29 is 4.74 Å². The van der Waals surface area contributed by atoms with Crippen molar-refractivity contribution in [3.63, 3.8) is 0 Å². The molecule has 19 heavy (non-hydrogen) atoms. The van der Waals surface area contributed by atoms with Crippen LogP contribution in [0.2, 0.25) is 0 Å². The minimum atomic E-state index is -0.00542. The summed E-state index contributed by atoms with van der Waals surface area (Å²) in [6.07, 6.45) is 6.33. The predicted molar refractivity (Wildman–Crippen MR) is 74.6 cm³/mol. The van der Waals surface area contributed by atoms with Crippen molar-refractivity contribution in [3.05, 3.63) is 16.8 Å². The molecule has 2 rings (SSSR count). The van der Waals surface area contributed by atoms with E-state index in [-0.39, 0.29) is 5.84 Å². The molecule has 1 saturated carbocycles. The third-order valence-electron chi connectivity index (χ3n) is 3.87. The highest BCUT2D eigenvalue weighted by Crippen LogP contribution is 2.26. The molecule has 1 heterocycles. The van der Waals surface area contributed by atoms with Crippen molar-refractivity contribution in [3.8, 4) is 5.88 Å². The molecule has 1 aliphatic rings. The Hall–Kier alpha value is -1.65. The summed E-state index contributed by atoms with van der Waals surface area (Å²) in [5.74, 6) is 0.993.